The summed E-state index contributed by atoms with van der Waals surface area (Å²) >= 11 is 0. The number of ether oxygens (including phenoxy) is 5. The van der Waals surface area contributed by atoms with Crippen LogP contribution < -0.4 is 18.9 Å². The number of hydrogen-bond acceptors (Lipinski definition) is 7. The standard InChI is InChI=1S/C21H24O7/c1-14(22)15-6-8-17(19(12-15)24-2)27-10-5-11-28-18-9-7-16(21(23)26-4)13-20(18)25-3/h6-9,12-13H,5,10-11H2,1-4H3. The van der Waals surface area contributed by atoms with E-state index in [1.54, 1.807) is 36.4 Å². The van der Waals surface area contributed by atoms with Crippen LogP contribution in [0.4, 0.5) is 0 Å². The maximum Gasteiger partial charge on any atom is 0.337 e. The molecule has 0 amide bonds. The van der Waals surface area contributed by atoms with Gasteiger partial charge >= 0.3 is 5.97 Å². The molecule has 28 heavy (non-hydrogen) atoms. The molecule has 0 aromatic heterocycles. The van der Waals surface area contributed by atoms with Gasteiger partial charge in [0.15, 0.2) is 28.8 Å². The number of rotatable bonds is 10. The molecular weight excluding hydrogens is 364 g/mol. The Kier molecular flexibility index (Phi) is 7.68. The molecule has 0 aliphatic carbocycles. The van der Waals surface area contributed by atoms with Crippen molar-refractivity contribution in [1.82, 2.24) is 0 Å². The van der Waals surface area contributed by atoms with E-state index in [9.17, 15) is 9.59 Å². The summed E-state index contributed by atoms with van der Waals surface area (Å²) in [5, 5.41) is 0. The van der Waals surface area contributed by atoms with Gasteiger partial charge in [-0.05, 0) is 43.3 Å². The van der Waals surface area contributed by atoms with Crippen LogP contribution in [0.1, 0.15) is 34.1 Å². The van der Waals surface area contributed by atoms with E-state index >= 15 is 0 Å². The summed E-state index contributed by atoms with van der Waals surface area (Å²) in [4.78, 5) is 23.0. The predicted octanol–water partition coefficient (Wildman–Crippen LogP) is 3.54. The van der Waals surface area contributed by atoms with E-state index in [1.807, 2.05) is 0 Å². The normalized spacial score (nSPS) is 10.1. The molecule has 0 N–H and O–H groups in total. The van der Waals surface area contributed by atoms with Crippen LogP contribution in [0.3, 0.4) is 0 Å². The van der Waals surface area contributed by atoms with Crippen LogP contribution in [0.5, 0.6) is 23.0 Å². The van der Waals surface area contributed by atoms with Crippen LogP contribution in [0.15, 0.2) is 36.4 Å². The summed E-state index contributed by atoms with van der Waals surface area (Å²) < 4.78 is 26.6. The predicted molar refractivity (Wildman–Crippen MR) is 103 cm³/mol. The van der Waals surface area contributed by atoms with Crippen LogP contribution >= 0.6 is 0 Å². The fourth-order valence-corrected chi connectivity index (χ4v) is 2.46. The Morgan fingerprint density at radius 2 is 1.25 bits per heavy atom. The number of hydrogen-bond donors (Lipinski definition) is 0. The number of benzene rings is 2. The molecule has 2 aromatic rings. The molecule has 0 aliphatic rings. The highest BCUT2D eigenvalue weighted by atomic mass is 16.5. The molecule has 0 heterocycles. The van der Waals surface area contributed by atoms with E-state index in [0.717, 1.165) is 0 Å². The second-order valence-corrected chi connectivity index (χ2v) is 5.83. The zero-order valence-electron chi connectivity index (χ0n) is 16.4. The molecule has 0 saturated carbocycles. The Morgan fingerprint density at radius 3 is 1.71 bits per heavy atom. The summed E-state index contributed by atoms with van der Waals surface area (Å²) in [5.74, 6) is 1.57. The van der Waals surface area contributed by atoms with Gasteiger partial charge in [-0.1, -0.05) is 0 Å². The first-order valence-electron chi connectivity index (χ1n) is 8.71. The third-order valence-corrected chi connectivity index (χ3v) is 3.96. The van der Waals surface area contributed by atoms with Crippen molar-refractivity contribution in [2.75, 3.05) is 34.5 Å². The van der Waals surface area contributed by atoms with E-state index in [0.29, 0.717) is 53.8 Å². The lowest BCUT2D eigenvalue weighted by Crippen LogP contribution is -2.07. The molecule has 2 aromatic carbocycles. The van der Waals surface area contributed by atoms with Crippen LogP contribution in [0, 0.1) is 0 Å². The largest absolute Gasteiger partial charge is 0.493 e. The summed E-state index contributed by atoms with van der Waals surface area (Å²) in [6.45, 7) is 2.29. The Hall–Kier alpha value is -3.22. The average molecular weight is 388 g/mol. The second kappa shape index (κ2) is 10.2. The van der Waals surface area contributed by atoms with Crippen LogP contribution in [0.25, 0.3) is 0 Å². The minimum Gasteiger partial charge on any atom is -0.493 e. The van der Waals surface area contributed by atoms with Gasteiger partial charge in [0.05, 0.1) is 40.1 Å². The highest BCUT2D eigenvalue weighted by molar-refractivity contribution is 5.94. The van der Waals surface area contributed by atoms with Gasteiger partial charge in [-0.2, -0.15) is 0 Å². The maximum absolute atomic E-state index is 11.6. The summed E-state index contributed by atoms with van der Waals surface area (Å²) in [7, 11) is 4.35. The van der Waals surface area contributed by atoms with Gasteiger partial charge in [-0.25, -0.2) is 4.79 Å². The van der Waals surface area contributed by atoms with E-state index in [2.05, 4.69) is 4.74 Å². The van der Waals surface area contributed by atoms with Crippen molar-refractivity contribution in [3.05, 3.63) is 47.5 Å². The molecule has 7 heteroatoms. The van der Waals surface area contributed by atoms with Crippen LogP contribution in [-0.4, -0.2) is 46.3 Å². The molecule has 0 spiro atoms. The summed E-state index contributed by atoms with van der Waals surface area (Å²) in [6.07, 6.45) is 0.611. The van der Waals surface area contributed by atoms with Gasteiger partial charge in [0.25, 0.3) is 0 Å². The van der Waals surface area contributed by atoms with Crippen molar-refractivity contribution in [2.45, 2.75) is 13.3 Å². The second-order valence-electron chi connectivity index (χ2n) is 5.83. The van der Waals surface area contributed by atoms with E-state index in [1.165, 1.54) is 28.3 Å². The third-order valence-electron chi connectivity index (χ3n) is 3.96. The molecule has 150 valence electrons. The van der Waals surface area contributed by atoms with Crippen molar-refractivity contribution in [3.63, 3.8) is 0 Å². The van der Waals surface area contributed by atoms with Gasteiger partial charge in [0, 0.05) is 12.0 Å². The number of ketones is 1. The van der Waals surface area contributed by atoms with Gasteiger partial charge in [-0.3, -0.25) is 4.79 Å². The first-order chi connectivity index (χ1) is 13.5. The Labute approximate surface area is 164 Å². The molecule has 7 nitrogen and oxygen atoms in total. The molecule has 0 unspecified atom stereocenters. The van der Waals surface area contributed by atoms with Gasteiger partial charge in [0.2, 0.25) is 0 Å². The van der Waals surface area contributed by atoms with Gasteiger partial charge in [-0.15, -0.1) is 0 Å². The smallest absolute Gasteiger partial charge is 0.337 e. The van der Waals surface area contributed by atoms with E-state index in [4.69, 9.17) is 18.9 Å². The Bertz CT molecular complexity index is 829. The highest BCUT2D eigenvalue weighted by Gasteiger charge is 2.12. The van der Waals surface area contributed by atoms with Crippen molar-refractivity contribution >= 4 is 11.8 Å². The fraction of sp³-hybridized carbons (Fsp3) is 0.333. The molecule has 2 rings (SSSR count). The van der Waals surface area contributed by atoms with Crippen LogP contribution in [0.2, 0.25) is 0 Å². The van der Waals surface area contributed by atoms with Crippen molar-refractivity contribution < 1.29 is 33.3 Å². The Morgan fingerprint density at radius 1 is 0.750 bits per heavy atom. The minimum atomic E-state index is -0.442. The lowest BCUT2D eigenvalue weighted by atomic mass is 10.1. The number of carbonyl (C=O) groups excluding carboxylic acids is 2. The molecule has 0 saturated heterocycles. The van der Waals surface area contributed by atoms with Crippen molar-refractivity contribution in [1.29, 1.82) is 0 Å². The lowest BCUT2D eigenvalue weighted by molar-refractivity contribution is 0.0600. The number of Topliss-reactive ketones (excluding diaryl/α,β-unsaturated/α-hetero) is 1. The first kappa shape index (κ1) is 21.1. The molecule has 0 bridgehead atoms. The molecule has 0 fully saturated rings. The highest BCUT2D eigenvalue weighted by Crippen LogP contribution is 2.29. The summed E-state index contributed by atoms with van der Waals surface area (Å²) in [5.41, 5.74) is 0.950. The minimum absolute atomic E-state index is 0.0367. The van der Waals surface area contributed by atoms with Crippen molar-refractivity contribution in [2.24, 2.45) is 0 Å². The third kappa shape index (κ3) is 5.39. The SMILES string of the molecule is COC(=O)c1ccc(OCCCOc2ccc(C(C)=O)cc2OC)c(OC)c1. The zero-order chi connectivity index (χ0) is 20.5. The molecule has 0 atom stereocenters. The number of carbonyl (C=O) groups is 2. The monoisotopic (exact) mass is 388 g/mol. The quantitative estimate of drug-likeness (QED) is 0.350. The van der Waals surface area contributed by atoms with E-state index in [-0.39, 0.29) is 5.78 Å². The molecule has 0 aliphatic heterocycles. The van der Waals surface area contributed by atoms with Crippen molar-refractivity contribution in [3.8, 4) is 23.0 Å². The molecular formula is C21H24O7. The number of methoxy groups -OCH3 is 3. The zero-order valence-corrected chi connectivity index (χ0v) is 16.4. The Balaban J connectivity index is 1.88. The maximum atomic E-state index is 11.6. The first-order valence-corrected chi connectivity index (χ1v) is 8.71. The average Bonchev–Trinajstić information content (AvgIpc) is 2.72. The van der Waals surface area contributed by atoms with Crippen LogP contribution in [-0.2, 0) is 4.74 Å². The number of esters is 1. The summed E-state index contributed by atoms with van der Waals surface area (Å²) in [6, 6.07) is 9.91. The lowest BCUT2D eigenvalue weighted by Gasteiger charge is -2.13. The van der Waals surface area contributed by atoms with Gasteiger partial charge < -0.3 is 23.7 Å². The fourth-order valence-electron chi connectivity index (χ4n) is 2.46. The van der Waals surface area contributed by atoms with E-state index < -0.39 is 5.97 Å². The molecule has 0 radical (unpaired) electrons. The topological polar surface area (TPSA) is 80.3 Å². The van der Waals surface area contributed by atoms with Gasteiger partial charge in [0.1, 0.15) is 0 Å².